The molecule has 2 heterocycles. The van der Waals surface area contributed by atoms with Crippen molar-refractivity contribution >= 4 is 0 Å². The lowest BCUT2D eigenvalue weighted by Gasteiger charge is -2.46. The maximum atomic E-state index is 6.85. The fourth-order valence-corrected chi connectivity index (χ4v) is 12.0. The van der Waals surface area contributed by atoms with Crippen molar-refractivity contribution in [2.75, 3.05) is 0 Å². The van der Waals surface area contributed by atoms with Gasteiger partial charge in [0.25, 0.3) is 0 Å². The Balaban J connectivity index is 1.10. The maximum absolute atomic E-state index is 6.85. The number of likely N-dealkylation sites (tertiary alicyclic amines) is 1. The summed E-state index contributed by atoms with van der Waals surface area (Å²) in [4.78, 5) is 5.60. The van der Waals surface area contributed by atoms with Gasteiger partial charge < -0.3 is 14.5 Å². The normalized spacial score (nSPS) is 40.9. The zero-order chi connectivity index (χ0) is 32.0. The molecule has 0 bridgehead atoms. The smallest absolute Gasteiger partial charge is 0.105 e. The van der Waals surface area contributed by atoms with Crippen molar-refractivity contribution in [2.24, 2.45) is 40.9 Å². The van der Waals surface area contributed by atoms with Crippen LogP contribution in [0.2, 0.25) is 0 Å². The van der Waals surface area contributed by atoms with Gasteiger partial charge in [-0.2, -0.15) is 0 Å². The Morgan fingerprint density at radius 2 is 1.73 bits per heavy atom. The molecule has 48 heavy (non-hydrogen) atoms. The minimum absolute atomic E-state index is 0.285. The highest BCUT2D eigenvalue weighted by molar-refractivity contribution is 5.49. The van der Waals surface area contributed by atoms with E-state index in [0.717, 1.165) is 25.7 Å². The SMILES string of the molecule is CC1(C)C2CC=CC=C2C2C(N(C3=CC4C5C=CC=CC5N(C5=CCCC=C5)C4C=C3)C3=CCCC4=C3C3CCCCC3O4)C=CCC21. The van der Waals surface area contributed by atoms with Crippen molar-refractivity contribution in [3.63, 3.8) is 0 Å². The summed E-state index contributed by atoms with van der Waals surface area (Å²) in [6, 6.07) is 1.07. The van der Waals surface area contributed by atoms with E-state index >= 15 is 0 Å². The van der Waals surface area contributed by atoms with Gasteiger partial charge in [-0.25, -0.2) is 0 Å². The van der Waals surface area contributed by atoms with Gasteiger partial charge in [-0.05, 0) is 80.8 Å². The van der Waals surface area contributed by atoms with Gasteiger partial charge in [0.15, 0.2) is 0 Å². The van der Waals surface area contributed by atoms with Crippen molar-refractivity contribution in [3.8, 4) is 0 Å². The molecule has 3 nitrogen and oxygen atoms in total. The van der Waals surface area contributed by atoms with E-state index in [1.165, 1.54) is 61.4 Å². The Labute approximate surface area is 288 Å². The molecule has 10 unspecified atom stereocenters. The van der Waals surface area contributed by atoms with Crippen LogP contribution in [0.3, 0.4) is 0 Å². The molecule has 2 aliphatic heterocycles. The highest BCUT2D eigenvalue weighted by Gasteiger charge is 2.56. The van der Waals surface area contributed by atoms with E-state index in [1.54, 1.807) is 11.1 Å². The predicted octanol–water partition coefficient (Wildman–Crippen LogP) is 10.0. The monoisotopic (exact) mass is 636 g/mol. The summed E-state index contributed by atoms with van der Waals surface area (Å²) < 4.78 is 6.85. The number of hydrogen-bond acceptors (Lipinski definition) is 3. The number of nitrogens with zero attached hydrogens (tertiary/aromatic N) is 2. The Morgan fingerprint density at radius 1 is 0.833 bits per heavy atom. The summed E-state index contributed by atoms with van der Waals surface area (Å²) in [5.41, 5.74) is 7.86. The number of ether oxygens (including phenoxy) is 1. The lowest BCUT2D eigenvalue weighted by Crippen LogP contribution is -2.45. The Bertz CT molecular complexity index is 1720. The molecule has 0 N–H and O–H groups in total. The first kappa shape index (κ1) is 29.5. The van der Waals surface area contributed by atoms with Crippen LogP contribution >= 0.6 is 0 Å². The van der Waals surface area contributed by atoms with Gasteiger partial charge >= 0.3 is 0 Å². The van der Waals surface area contributed by atoms with Crippen LogP contribution < -0.4 is 0 Å². The fourth-order valence-electron chi connectivity index (χ4n) is 12.0. The lowest BCUT2D eigenvalue weighted by molar-refractivity contribution is 0.0782. The van der Waals surface area contributed by atoms with Crippen molar-refractivity contribution in [2.45, 2.75) is 102 Å². The molecular formula is C45H52N2O. The highest BCUT2D eigenvalue weighted by atomic mass is 16.5. The Hall–Kier alpha value is -3.46. The summed E-state index contributed by atoms with van der Waals surface area (Å²) in [6.07, 6.45) is 52.0. The summed E-state index contributed by atoms with van der Waals surface area (Å²) in [5.74, 6) is 4.57. The van der Waals surface area contributed by atoms with Gasteiger partial charge in [-0.1, -0.05) is 111 Å². The molecule has 0 radical (unpaired) electrons. The quantitative estimate of drug-likeness (QED) is 0.286. The zero-order valence-corrected chi connectivity index (χ0v) is 28.9. The molecular weight excluding hydrogens is 585 g/mol. The number of allylic oxidation sites excluding steroid dienone is 13. The summed E-state index contributed by atoms with van der Waals surface area (Å²) >= 11 is 0. The van der Waals surface area contributed by atoms with Crippen LogP contribution in [0.5, 0.6) is 0 Å². The molecule has 1 saturated heterocycles. The number of hydrogen-bond donors (Lipinski definition) is 0. The second kappa shape index (κ2) is 11.3. The zero-order valence-electron chi connectivity index (χ0n) is 28.9. The van der Waals surface area contributed by atoms with Crippen molar-refractivity contribution in [1.82, 2.24) is 9.80 Å². The highest BCUT2D eigenvalue weighted by Crippen LogP contribution is 2.62. The average molecular weight is 637 g/mol. The minimum Gasteiger partial charge on any atom is -0.494 e. The number of rotatable bonds is 4. The minimum atomic E-state index is 0.285. The second-order valence-corrected chi connectivity index (χ2v) is 16.7. The molecule has 248 valence electrons. The topological polar surface area (TPSA) is 15.7 Å². The van der Waals surface area contributed by atoms with Gasteiger partial charge in [-0.3, -0.25) is 0 Å². The van der Waals surface area contributed by atoms with E-state index in [2.05, 4.69) is 121 Å². The molecule has 0 amide bonds. The molecule has 0 spiro atoms. The van der Waals surface area contributed by atoms with Gasteiger partial charge in [0, 0.05) is 52.8 Å². The molecule has 0 aromatic carbocycles. The fraction of sp³-hybridized carbons (Fsp3) is 0.511. The molecule has 2 saturated carbocycles. The van der Waals surface area contributed by atoms with Gasteiger partial charge in [-0.15, -0.1) is 0 Å². The average Bonchev–Trinajstić information content (AvgIpc) is 3.75. The predicted molar refractivity (Wildman–Crippen MR) is 195 cm³/mol. The molecule has 3 heteroatoms. The lowest BCUT2D eigenvalue weighted by atomic mass is 9.69. The van der Waals surface area contributed by atoms with Crippen LogP contribution in [-0.2, 0) is 4.74 Å². The Morgan fingerprint density at radius 3 is 2.65 bits per heavy atom. The van der Waals surface area contributed by atoms with E-state index in [1.807, 2.05) is 0 Å². The van der Waals surface area contributed by atoms with E-state index in [0.29, 0.717) is 59.7 Å². The standard InChI is InChI=1S/C45H52N2O/c1-45(2)35-19-9-6-17-32(35)43-36(45)20-12-22-39(43)47(40-23-13-25-42-44(40)33-18-8-11-24-41(33)48-42)30-26-27-38-34(28-30)31-16-7-10-21-37(31)46(38)29-14-4-3-5-15-29/h4,6-7,9-10,12,14-17,21-23,26-28,31,33-39,41,43H,3,5,8,11,13,18-20,24-25H2,1-2H3. The maximum Gasteiger partial charge on any atom is 0.105 e. The van der Waals surface area contributed by atoms with Crippen molar-refractivity contribution < 1.29 is 4.74 Å². The van der Waals surface area contributed by atoms with Gasteiger partial charge in [0.1, 0.15) is 11.9 Å². The molecule has 0 aromatic heterocycles. The van der Waals surface area contributed by atoms with Crippen LogP contribution in [-0.4, -0.2) is 34.0 Å². The van der Waals surface area contributed by atoms with E-state index in [4.69, 9.17) is 4.74 Å². The summed E-state index contributed by atoms with van der Waals surface area (Å²) in [7, 11) is 0. The van der Waals surface area contributed by atoms with E-state index in [9.17, 15) is 0 Å². The third kappa shape index (κ3) is 4.31. The molecule has 10 atom stereocenters. The molecule has 8 aliphatic carbocycles. The number of fused-ring (bicyclic) bond motifs is 8. The Kier molecular flexibility index (Phi) is 6.93. The van der Waals surface area contributed by atoms with Gasteiger partial charge in [0.2, 0.25) is 0 Å². The van der Waals surface area contributed by atoms with E-state index in [-0.39, 0.29) is 5.41 Å². The third-order valence-corrected chi connectivity index (χ3v) is 14.2. The first-order valence-electron chi connectivity index (χ1n) is 19.4. The summed E-state index contributed by atoms with van der Waals surface area (Å²) in [5, 5.41) is 0. The molecule has 10 rings (SSSR count). The molecule has 3 fully saturated rings. The van der Waals surface area contributed by atoms with Crippen molar-refractivity contribution in [1.29, 1.82) is 0 Å². The van der Waals surface area contributed by atoms with Crippen LogP contribution in [0.15, 0.2) is 131 Å². The molecule has 10 aliphatic rings. The van der Waals surface area contributed by atoms with E-state index < -0.39 is 0 Å². The second-order valence-electron chi connectivity index (χ2n) is 16.7. The van der Waals surface area contributed by atoms with Gasteiger partial charge in [0.05, 0.1) is 18.1 Å². The van der Waals surface area contributed by atoms with Crippen LogP contribution in [0.4, 0.5) is 0 Å². The largest absolute Gasteiger partial charge is 0.494 e. The third-order valence-electron chi connectivity index (χ3n) is 14.2. The van der Waals surface area contributed by atoms with Crippen molar-refractivity contribution in [3.05, 3.63) is 131 Å². The first-order valence-corrected chi connectivity index (χ1v) is 19.4. The first-order chi connectivity index (χ1) is 23.6. The van der Waals surface area contributed by atoms with Crippen LogP contribution in [0.1, 0.15) is 78.1 Å². The van der Waals surface area contributed by atoms with Crippen LogP contribution in [0, 0.1) is 40.9 Å². The summed E-state index contributed by atoms with van der Waals surface area (Å²) in [6.45, 7) is 5.14. The molecule has 0 aromatic rings. The van der Waals surface area contributed by atoms with Crippen LogP contribution in [0.25, 0.3) is 0 Å².